The van der Waals surface area contributed by atoms with Gasteiger partial charge in [-0.1, -0.05) is 55.7 Å². The highest BCUT2D eigenvalue weighted by Gasteiger charge is 2.45. The Kier molecular flexibility index (Phi) is 9.75. The summed E-state index contributed by atoms with van der Waals surface area (Å²) < 4.78 is 10.8. The first-order chi connectivity index (χ1) is 20.0. The number of amides is 4. The van der Waals surface area contributed by atoms with Crippen molar-refractivity contribution in [3.05, 3.63) is 65.2 Å². The van der Waals surface area contributed by atoms with Crippen LogP contribution in [0.15, 0.2) is 48.5 Å². The van der Waals surface area contributed by atoms with Gasteiger partial charge < -0.3 is 30.7 Å². The van der Waals surface area contributed by atoms with Crippen LogP contribution in [0.2, 0.25) is 0 Å². The normalized spacial score (nSPS) is 19.1. The molecule has 4 rings (SSSR count). The van der Waals surface area contributed by atoms with Crippen LogP contribution in [0.25, 0.3) is 0 Å². The summed E-state index contributed by atoms with van der Waals surface area (Å²) in [6, 6.07) is 14.1. The summed E-state index contributed by atoms with van der Waals surface area (Å²) in [5.74, 6) is -0.650. The number of hydrogen-bond acceptors (Lipinski definition) is 6. The van der Waals surface area contributed by atoms with E-state index in [4.69, 9.17) is 9.47 Å². The van der Waals surface area contributed by atoms with Gasteiger partial charge in [0.05, 0.1) is 0 Å². The van der Waals surface area contributed by atoms with Crippen molar-refractivity contribution in [2.45, 2.75) is 89.5 Å². The monoisotopic (exact) mass is 578 g/mol. The van der Waals surface area contributed by atoms with Crippen LogP contribution >= 0.6 is 0 Å². The lowest BCUT2D eigenvalue weighted by atomic mass is 9.83. The van der Waals surface area contributed by atoms with Gasteiger partial charge in [0, 0.05) is 25.6 Å². The van der Waals surface area contributed by atoms with Crippen molar-refractivity contribution in [2.75, 3.05) is 12.4 Å². The van der Waals surface area contributed by atoms with E-state index in [2.05, 4.69) is 21.3 Å². The molecule has 0 heterocycles. The third-order valence-corrected chi connectivity index (χ3v) is 7.75. The van der Waals surface area contributed by atoms with Crippen molar-refractivity contribution < 1.29 is 28.7 Å². The summed E-state index contributed by atoms with van der Waals surface area (Å²) in [5.41, 5.74) is 1.20. The predicted molar refractivity (Wildman–Crippen MR) is 159 cm³/mol. The van der Waals surface area contributed by atoms with Crippen LogP contribution in [-0.2, 0) is 38.5 Å². The lowest BCUT2D eigenvalue weighted by Gasteiger charge is -2.30. The van der Waals surface area contributed by atoms with E-state index in [1.807, 2.05) is 42.5 Å². The van der Waals surface area contributed by atoms with Crippen LogP contribution in [0.4, 0.5) is 15.3 Å². The van der Waals surface area contributed by atoms with Crippen LogP contribution in [-0.4, -0.2) is 48.2 Å². The zero-order chi connectivity index (χ0) is 30.3. The molecule has 1 saturated carbocycles. The summed E-state index contributed by atoms with van der Waals surface area (Å²) in [4.78, 5) is 51.9. The molecular formula is C32H42N4O6. The topological polar surface area (TPSA) is 135 Å². The van der Waals surface area contributed by atoms with Crippen LogP contribution < -0.4 is 21.3 Å². The van der Waals surface area contributed by atoms with E-state index in [9.17, 15) is 19.2 Å². The summed E-state index contributed by atoms with van der Waals surface area (Å²) in [6.45, 7) is 5.39. The molecule has 0 bridgehead atoms. The molecule has 2 aliphatic carbocycles. The van der Waals surface area contributed by atoms with Crippen LogP contribution in [0, 0.1) is 5.92 Å². The zero-order valence-corrected chi connectivity index (χ0v) is 24.9. The molecule has 2 aromatic rings. The van der Waals surface area contributed by atoms with E-state index in [1.165, 1.54) is 7.05 Å². The van der Waals surface area contributed by atoms with Gasteiger partial charge in [0.2, 0.25) is 11.8 Å². The second-order valence-corrected chi connectivity index (χ2v) is 12.2. The Morgan fingerprint density at radius 3 is 2.29 bits per heavy atom. The van der Waals surface area contributed by atoms with Gasteiger partial charge >= 0.3 is 12.2 Å². The molecule has 1 unspecified atom stereocenters. The first-order valence-electron chi connectivity index (χ1n) is 14.6. The highest BCUT2D eigenvalue weighted by atomic mass is 16.6. The molecule has 10 nitrogen and oxygen atoms in total. The largest absolute Gasteiger partial charge is 0.445 e. The van der Waals surface area contributed by atoms with E-state index < -0.39 is 29.4 Å². The van der Waals surface area contributed by atoms with E-state index in [0.717, 1.165) is 48.8 Å². The van der Waals surface area contributed by atoms with Crippen molar-refractivity contribution in [3.63, 3.8) is 0 Å². The Bertz CT molecular complexity index is 1290. The molecule has 0 radical (unpaired) electrons. The van der Waals surface area contributed by atoms with Gasteiger partial charge in [0.1, 0.15) is 23.8 Å². The van der Waals surface area contributed by atoms with Gasteiger partial charge in [-0.3, -0.25) is 9.59 Å². The fourth-order valence-electron chi connectivity index (χ4n) is 5.77. The van der Waals surface area contributed by atoms with Crippen molar-refractivity contribution >= 4 is 29.7 Å². The third kappa shape index (κ3) is 8.02. The summed E-state index contributed by atoms with van der Waals surface area (Å²) in [6.07, 6.45) is 4.00. The summed E-state index contributed by atoms with van der Waals surface area (Å²) in [7, 11) is 1.53. The van der Waals surface area contributed by atoms with E-state index in [0.29, 0.717) is 5.69 Å². The Morgan fingerprint density at radius 2 is 1.62 bits per heavy atom. The predicted octanol–water partition coefficient (Wildman–Crippen LogP) is 4.61. The van der Waals surface area contributed by atoms with Gasteiger partial charge in [0.15, 0.2) is 0 Å². The molecule has 226 valence electrons. The Morgan fingerprint density at radius 1 is 0.929 bits per heavy atom. The number of benzene rings is 2. The molecule has 0 saturated heterocycles. The first kappa shape index (κ1) is 30.9. The van der Waals surface area contributed by atoms with Gasteiger partial charge in [0.25, 0.3) is 0 Å². The number of rotatable bonds is 8. The number of anilines is 1. The maximum absolute atomic E-state index is 13.6. The van der Waals surface area contributed by atoms with Crippen LogP contribution in [0.3, 0.4) is 0 Å². The molecule has 0 aliphatic heterocycles. The number of alkyl carbamates (subject to hydrolysis) is 2. The van der Waals surface area contributed by atoms with Gasteiger partial charge in [-0.05, 0) is 68.4 Å². The lowest BCUT2D eigenvalue weighted by Crippen LogP contribution is -2.59. The number of carbonyl (C=O) groups is 4. The molecule has 4 N–H and O–H groups in total. The molecule has 10 heteroatoms. The fourth-order valence-corrected chi connectivity index (χ4v) is 5.77. The molecule has 2 aromatic carbocycles. The molecule has 1 fully saturated rings. The number of carbonyl (C=O) groups excluding carboxylic acids is 4. The zero-order valence-electron chi connectivity index (χ0n) is 24.9. The maximum Gasteiger partial charge on any atom is 0.408 e. The second-order valence-electron chi connectivity index (χ2n) is 12.2. The molecular weight excluding hydrogens is 536 g/mol. The number of ether oxygens (including phenoxy) is 2. The molecule has 0 spiro atoms. The molecule has 0 aromatic heterocycles. The van der Waals surface area contributed by atoms with Crippen LogP contribution in [0.5, 0.6) is 0 Å². The maximum atomic E-state index is 13.6. The number of hydrogen-bond donors (Lipinski definition) is 4. The molecule has 2 aliphatic rings. The third-order valence-electron chi connectivity index (χ3n) is 7.75. The number of likely N-dealkylation sites (N-methyl/N-ethyl adjacent to an activating group) is 1. The standard InChI is InChI=1S/C32H42N4O6/c1-31(2,3)42-30(40)36-32(28(38)33-4)18-23-15-16-25(17-24(23)19-32)34-27(37)26(22-13-9-6-10-14-22)35-29(39)41-20-21-11-7-5-8-12-21/h5,7-8,11-12,15-17,22,26H,6,9-10,13-14,18-20H2,1-4H3,(H,33,38)(H,34,37)(H,35,39)(H,36,40)/t26-,32?/m0/s1. The van der Waals surface area contributed by atoms with Gasteiger partial charge in [-0.25, -0.2) is 9.59 Å². The van der Waals surface area contributed by atoms with Gasteiger partial charge in [-0.2, -0.15) is 0 Å². The average molecular weight is 579 g/mol. The minimum atomic E-state index is -1.21. The van der Waals surface area contributed by atoms with E-state index in [1.54, 1.807) is 26.8 Å². The van der Waals surface area contributed by atoms with Gasteiger partial charge in [-0.15, -0.1) is 0 Å². The minimum absolute atomic E-state index is 0.00335. The highest BCUT2D eigenvalue weighted by molar-refractivity contribution is 5.97. The van der Waals surface area contributed by atoms with E-state index >= 15 is 0 Å². The van der Waals surface area contributed by atoms with Crippen molar-refractivity contribution in [1.29, 1.82) is 0 Å². The molecule has 42 heavy (non-hydrogen) atoms. The van der Waals surface area contributed by atoms with Crippen molar-refractivity contribution in [2.24, 2.45) is 5.92 Å². The van der Waals surface area contributed by atoms with Crippen molar-refractivity contribution in [3.8, 4) is 0 Å². The summed E-state index contributed by atoms with van der Waals surface area (Å²) in [5, 5.41) is 11.2. The van der Waals surface area contributed by atoms with E-state index in [-0.39, 0.29) is 37.2 Å². The SMILES string of the molecule is CNC(=O)C1(NC(=O)OC(C)(C)C)Cc2ccc(NC(=O)[C@@H](NC(=O)OCc3ccccc3)C3CCCCC3)cc2C1. The highest BCUT2D eigenvalue weighted by Crippen LogP contribution is 2.33. The lowest BCUT2D eigenvalue weighted by molar-refractivity contribution is -0.127. The molecule has 2 atom stereocenters. The van der Waals surface area contributed by atoms with Crippen molar-refractivity contribution in [1.82, 2.24) is 16.0 Å². The second kappa shape index (κ2) is 13.3. The van der Waals surface area contributed by atoms with Crippen LogP contribution in [0.1, 0.15) is 69.6 Å². The quantitative estimate of drug-likeness (QED) is 0.361. The Balaban J connectivity index is 1.46. The fraction of sp³-hybridized carbons (Fsp3) is 0.500. The Labute approximate surface area is 247 Å². The minimum Gasteiger partial charge on any atom is -0.445 e. The first-order valence-corrected chi connectivity index (χ1v) is 14.6. The number of nitrogens with one attached hydrogen (secondary N) is 4. The average Bonchev–Trinajstić information content (AvgIpc) is 3.32. The summed E-state index contributed by atoms with van der Waals surface area (Å²) >= 11 is 0. The smallest absolute Gasteiger partial charge is 0.408 e. The molecule has 4 amide bonds. The number of fused-ring (bicyclic) bond motifs is 1. The Hall–Kier alpha value is -4.08.